The SMILES string of the molecule is CC1(C)C2C[C@H]3OB([C@@H](N)Cc4cccc5ccccc45)O[C@@]3(C)[C@H]1C2. The lowest BCUT2D eigenvalue weighted by atomic mass is 9.43. The molecule has 1 unspecified atom stereocenters. The monoisotopic (exact) mass is 349 g/mol. The molecule has 4 heteroatoms. The van der Waals surface area contributed by atoms with E-state index < -0.39 is 0 Å². The maximum atomic E-state index is 6.59. The fraction of sp³-hybridized carbons (Fsp3) is 0.545. The second kappa shape index (κ2) is 5.57. The van der Waals surface area contributed by atoms with E-state index >= 15 is 0 Å². The summed E-state index contributed by atoms with van der Waals surface area (Å²) in [4.78, 5) is 0. The zero-order chi connectivity index (χ0) is 18.1. The molecule has 0 spiro atoms. The third kappa shape index (κ3) is 2.25. The molecule has 2 bridgehead atoms. The quantitative estimate of drug-likeness (QED) is 0.853. The van der Waals surface area contributed by atoms with Crippen LogP contribution in [0.15, 0.2) is 42.5 Å². The van der Waals surface area contributed by atoms with Gasteiger partial charge in [0, 0.05) is 5.94 Å². The van der Waals surface area contributed by atoms with E-state index in [1.807, 2.05) is 0 Å². The highest BCUT2D eigenvalue weighted by atomic mass is 16.7. The lowest BCUT2D eigenvalue weighted by Gasteiger charge is -2.64. The molecule has 6 rings (SSSR count). The van der Waals surface area contributed by atoms with Crippen molar-refractivity contribution in [1.29, 1.82) is 0 Å². The molecule has 3 saturated carbocycles. The number of benzene rings is 2. The Kier molecular flexibility index (Phi) is 3.60. The summed E-state index contributed by atoms with van der Waals surface area (Å²) in [6, 6.07) is 14.9. The normalized spacial score (nSPS) is 35.8. The summed E-state index contributed by atoms with van der Waals surface area (Å²) >= 11 is 0. The third-order valence-corrected chi connectivity index (χ3v) is 7.65. The Morgan fingerprint density at radius 2 is 1.88 bits per heavy atom. The van der Waals surface area contributed by atoms with Crippen molar-refractivity contribution < 1.29 is 9.31 Å². The van der Waals surface area contributed by atoms with E-state index in [2.05, 4.69) is 63.2 Å². The second-order valence-electron chi connectivity index (χ2n) is 9.34. The van der Waals surface area contributed by atoms with Gasteiger partial charge in [0.1, 0.15) is 0 Å². The first-order valence-corrected chi connectivity index (χ1v) is 9.95. The fourth-order valence-electron chi connectivity index (χ4n) is 5.90. The molecule has 5 atom stereocenters. The molecule has 136 valence electrons. The van der Waals surface area contributed by atoms with Crippen molar-refractivity contribution in [3.05, 3.63) is 48.0 Å². The van der Waals surface area contributed by atoms with Crippen LogP contribution in [0.2, 0.25) is 0 Å². The van der Waals surface area contributed by atoms with Crippen LogP contribution >= 0.6 is 0 Å². The molecule has 2 N–H and O–H groups in total. The number of rotatable bonds is 3. The van der Waals surface area contributed by atoms with E-state index in [9.17, 15) is 0 Å². The van der Waals surface area contributed by atoms with Crippen LogP contribution in [0.3, 0.4) is 0 Å². The minimum Gasteiger partial charge on any atom is -0.404 e. The van der Waals surface area contributed by atoms with Gasteiger partial charge in [-0.2, -0.15) is 0 Å². The average Bonchev–Trinajstić information content (AvgIpc) is 2.99. The number of fused-ring (bicyclic) bond motifs is 1. The van der Waals surface area contributed by atoms with Crippen LogP contribution in [-0.4, -0.2) is 24.8 Å². The molecule has 1 saturated heterocycles. The van der Waals surface area contributed by atoms with E-state index in [0.29, 0.717) is 11.3 Å². The Hall–Kier alpha value is -1.36. The number of hydrogen-bond donors (Lipinski definition) is 1. The van der Waals surface area contributed by atoms with Crippen LogP contribution in [0.4, 0.5) is 0 Å². The van der Waals surface area contributed by atoms with Gasteiger partial charge in [-0.15, -0.1) is 0 Å². The predicted octanol–water partition coefficient (Wildman–Crippen LogP) is 3.98. The van der Waals surface area contributed by atoms with Crippen LogP contribution in [0.25, 0.3) is 10.8 Å². The van der Waals surface area contributed by atoms with Gasteiger partial charge in [0.15, 0.2) is 0 Å². The van der Waals surface area contributed by atoms with Crippen molar-refractivity contribution in [3.63, 3.8) is 0 Å². The lowest BCUT2D eigenvalue weighted by molar-refractivity contribution is -0.199. The van der Waals surface area contributed by atoms with Gasteiger partial charge in [-0.25, -0.2) is 0 Å². The number of hydrogen-bond acceptors (Lipinski definition) is 3. The first kappa shape index (κ1) is 16.8. The predicted molar refractivity (Wildman–Crippen MR) is 106 cm³/mol. The summed E-state index contributed by atoms with van der Waals surface area (Å²) < 4.78 is 12.9. The summed E-state index contributed by atoms with van der Waals surface area (Å²) in [7, 11) is -0.306. The molecule has 26 heavy (non-hydrogen) atoms. The van der Waals surface area contributed by atoms with Gasteiger partial charge in [0.2, 0.25) is 0 Å². The molecule has 1 heterocycles. The van der Waals surface area contributed by atoms with Crippen molar-refractivity contribution in [1.82, 2.24) is 0 Å². The lowest BCUT2D eigenvalue weighted by Crippen LogP contribution is -2.65. The minimum absolute atomic E-state index is 0.149. The van der Waals surface area contributed by atoms with Gasteiger partial charge >= 0.3 is 7.12 Å². The fourth-order valence-corrected chi connectivity index (χ4v) is 5.90. The van der Waals surface area contributed by atoms with Crippen molar-refractivity contribution in [2.75, 3.05) is 0 Å². The van der Waals surface area contributed by atoms with Crippen molar-refractivity contribution in [3.8, 4) is 0 Å². The summed E-state index contributed by atoms with van der Waals surface area (Å²) in [6.45, 7) is 7.03. The van der Waals surface area contributed by atoms with Gasteiger partial charge in [-0.3, -0.25) is 0 Å². The largest absolute Gasteiger partial charge is 0.475 e. The highest BCUT2D eigenvalue weighted by Gasteiger charge is 2.68. The summed E-state index contributed by atoms with van der Waals surface area (Å²) in [5.74, 6) is 1.19. The summed E-state index contributed by atoms with van der Waals surface area (Å²) in [5.41, 5.74) is 8.05. The van der Waals surface area contributed by atoms with Crippen molar-refractivity contribution in [2.45, 2.75) is 57.7 Å². The zero-order valence-electron chi connectivity index (χ0n) is 15.9. The molecule has 2 aromatic rings. The van der Waals surface area contributed by atoms with Gasteiger partial charge in [-0.1, -0.05) is 56.3 Å². The van der Waals surface area contributed by atoms with E-state index in [4.69, 9.17) is 15.0 Å². The molecule has 2 aromatic carbocycles. The Morgan fingerprint density at radius 1 is 1.12 bits per heavy atom. The Bertz CT molecular complexity index is 848. The van der Waals surface area contributed by atoms with Gasteiger partial charge in [0.25, 0.3) is 0 Å². The molecule has 3 nitrogen and oxygen atoms in total. The van der Waals surface area contributed by atoms with E-state index in [1.54, 1.807) is 0 Å². The summed E-state index contributed by atoms with van der Waals surface area (Å²) in [6.07, 6.45) is 3.35. The van der Waals surface area contributed by atoms with Crippen LogP contribution in [0.5, 0.6) is 0 Å². The van der Waals surface area contributed by atoms with Gasteiger partial charge in [0.05, 0.1) is 11.7 Å². The zero-order valence-corrected chi connectivity index (χ0v) is 15.9. The third-order valence-electron chi connectivity index (χ3n) is 7.65. The van der Waals surface area contributed by atoms with Crippen LogP contribution < -0.4 is 5.73 Å². The van der Waals surface area contributed by atoms with Crippen LogP contribution in [0, 0.1) is 17.3 Å². The molecule has 4 aliphatic rings. The minimum atomic E-state index is -0.306. The molecular weight excluding hydrogens is 321 g/mol. The van der Waals surface area contributed by atoms with Crippen LogP contribution in [-0.2, 0) is 15.7 Å². The first-order valence-electron chi connectivity index (χ1n) is 9.95. The average molecular weight is 349 g/mol. The highest BCUT2D eigenvalue weighted by molar-refractivity contribution is 6.47. The Balaban J connectivity index is 1.37. The smallest absolute Gasteiger partial charge is 0.404 e. The van der Waals surface area contributed by atoms with Crippen LogP contribution in [0.1, 0.15) is 39.2 Å². The molecule has 0 amide bonds. The molecule has 0 aromatic heterocycles. The highest BCUT2D eigenvalue weighted by Crippen LogP contribution is 2.65. The Morgan fingerprint density at radius 3 is 2.69 bits per heavy atom. The van der Waals surface area contributed by atoms with Gasteiger partial charge < -0.3 is 15.0 Å². The Labute approximate surface area is 156 Å². The summed E-state index contributed by atoms with van der Waals surface area (Å²) in [5, 5.41) is 2.53. The maximum Gasteiger partial charge on any atom is 0.475 e. The molecule has 0 radical (unpaired) electrons. The van der Waals surface area contributed by atoms with E-state index in [-0.39, 0.29) is 24.8 Å². The standard InChI is InChI=1S/C22H28BNO2/c1-21(2)16-12-18(21)22(3)19(13-16)25-23(26-22)20(24)11-15-9-6-8-14-7-4-5-10-17(14)15/h4-10,16,18-20H,11-13,24H2,1-3H3/t16?,18-,19+,20-,22-/m0/s1. The van der Waals surface area contributed by atoms with E-state index in [1.165, 1.54) is 22.8 Å². The van der Waals surface area contributed by atoms with Gasteiger partial charge in [-0.05, 0) is 59.8 Å². The van der Waals surface area contributed by atoms with Crippen molar-refractivity contribution >= 4 is 17.9 Å². The topological polar surface area (TPSA) is 44.5 Å². The van der Waals surface area contributed by atoms with E-state index in [0.717, 1.165) is 18.8 Å². The molecular formula is C22H28BNO2. The maximum absolute atomic E-state index is 6.59. The molecule has 1 aliphatic heterocycles. The second-order valence-corrected chi connectivity index (χ2v) is 9.34. The molecule has 4 fully saturated rings. The number of nitrogens with two attached hydrogens (primary N) is 1. The first-order chi connectivity index (χ1) is 12.4. The van der Waals surface area contributed by atoms with Crippen molar-refractivity contribution in [2.24, 2.45) is 23.0 Å². The molecule has 3 aliphatic carbocycles.